The zero-order valence-electron chi connectivity index (χ0n) is 12.5. The molecule has 2 atom stereocenters. The number of ether oxygens (including phenoxy) is 1. The van der Waals surface area contributed by atoms with Crippen molar-refractivity contribution in [2.24, 2.45) is 5.92 Å². The van der Waals surface area contributed by atoms with Gasteiger partial charge >= 0.3 is 12.0 Å². The van der Waals surface area contributed by atoms with Gasteiger partial charge in [0.05, 0.1) is 18.4 Å². The number of ketones is 2. The van der Waals surface area contributed by atoms with E-state index >= 15 is 0 Å². The molecule has 1 rings (SSSR count). The van der Waals surface area contributed by atoms with Gasteiger partial charge < -0.3 is 4.74 Å². The van der Waals surface area contributed by atoms with Crippen LogP contribution in [0.25, 0.3) is 0 Å². The van der Waals surface area contributed by atoms with Crippen LogP contribution in [-0.4, -0.2) is 35.1 Å². The molecule has 0 aliphatic rings. The van der Waals surface area contributed by atoms with E-state index in [1.54, 1.807) is 17.5 Å². The summed E-state index contributed by atoms with van der Waals surface area (Å²) in [5.41, 5.74) is 0. The molecular formula is C14H17NO6S. The van der Waals surface area contributed by atoms with Gasteiger partial charge in [0.25, 0.3) is 0 Å². The first-order valence-electron chi connectivity index (χ1n) is 6.65. The lowest BCUT2D eigenvalue weighted by molar-refractivity contribution is -0.515. The molecule has 0 saturated carbocycles. The Hall–Kier alpha value is -2.09. The molecule has 0 bridgehead atoms. The van der Waals surface area contributed by atoms with Crippen LogP contribution in [0.4, 0.5) is 0 Å². The van der Waals surface area contributed by atoms with Crippen LogP contribution in [0.15, 0.2) is 17.5 Å². The molecule has 2 unspecified atom stereocenters. The molecule has 0 aliphatic heterocycles. The first-order chi connectivity index (χ1) is 10.3. The zero-order valence-corrected chi connectivity index (χ0v) is 13.3. The maximum absolute atomic E-state index is 12.0. The van der Waals surface area contributed by atoms with Gasteiger partial charge in [0.15, 0.2) is 0 Å². The zero-order chi connectivity index (χ0) is 16.9. The number of Topliss-reactive ketones (excluding diaryl/α,β-unsaturated/α-hetero) is 2. The van der Waals surface area contributed by atoms with Gasteiger partial charge in [0.2, 0.25) is 0 Å². The second kappa shape index (κ2) is 7.79. The third kappa shape index (κ3) is 3.97. The van der Waals surface area contributed by atoms with Crippen molar-refractivity contribution in [2.75, 3.05) is 6.61 Å². The molecule has 7 nitrogen and oxygen atoms in total. The normalized spacial score (nSPS) is 13.5. The van der Waals surface area contributed by atoms with Crippen molar-refractivity contribution < 1.29 is 24.0 Å². The summed E-state index contributed by atoms with van der Waals surface area (Å²) in [6.45, 7) is 3.89. The minimum atomic E-state index is -1.79. The molecule has 0 saturated heterocycles. The van der Waals surface area contributed by atoms with E-state index in [0.717, 1.165) is 11.3 Å². The fourth-order valence-electron chi connectivity index (χ4n) is 2.37. The molecule has 0 N–H and O–H groups in total. The first-order valence-corrected chi connectivity index (χ1v) is 7.53. The van der Waals surface area contributed by atoms with Gasteiger partial charge in [-0.3, -0.25) is 19.7 Å². The summed E-state index contributed by atoms with van der Waals surface area (Å²) in [5.74, 6) is -4.48. The Bertz CT molecular complexity index is 554. The smallest absolute Gasteiger partial charge is 0.382 e. The van der Waals surface area contributed by atoms with E-state index < -0.39 is 40.3 Å². The highest BCUT2D eigenvalue weighted by molar-refractivity contribution is 7.10. The Morgan fingerprint density at radius 3 is 2.27 bits per heavy atom. The summed E-state index contributed by atoms with van der Waals surface area (Å²) in [7, 11) is 0. The van der Waals surface area contributed by atoms with Gasteiger partial charge in [-0.15, -0.1) is 11.3 Å². The number of carbonyl (C=O) groups excluding carboxylic acids is 3. The van der Waals surface area contributed by atoms with Crippen LogP contribution >= 0.6 is 11.3 Å². The maximum atomic E-state index is 12.0. The Morgan fingerprint density at radius 2 is 1.91 bits per heavy atom. The van der Waals surface area contributed by atoms with Crippen molar-refractivity contribution >= 4 is 28.9 Å². The van der Waals surface area contributed by atoms with Crippen LogP contribution in [0, 0.1) is 16.0 Å². The molecule has 0 aromatic carbocycles. The highest BCUT2D eigenvalue weighted by atomic mass is 32.1. The third-order valence-corrected chi connectivity index (χ3v) is 4.18. The lowest BCUT2D eigenvalue weighted by atomic mass is 9.80. The van der Waals surface area contributed by atoms with Crippen LogP contribution in [0.2, 0.25) is 0 Å². The van der Waals surface area contributed by atoms with Crippen LogP contribution < -0.4 is 0 Å². The van der Waals surface area contributed by atoms with Crippen molar-refractivity contribution in [3.05, 3.63) is 32.5 Å². The van der Waals surface area contributed by atoms with E-state index in [-0.39, 0.29) is 6.61 Å². The molecule has 1 heterocycles. The monoisotopic (exact) mass is 327 g/mol. The average Bonchev–Trinajstić information content (AvgIpc) is 2.90. The summed E-state index contributed by atoms with van der Waals surface area (Å²) in [4.78, 5) is 46.7. The number of thiophene rings is 1. The molecule has 22 heavy (non-hydrogen) atoms. The quantitative estimate of drug-likeness (QED) is 0.312. The first kappa shape index (κ1) is 18.0. The van der Waals surface area contributed by atoms with Gasteiger partial charge in [0, 0.05) is 9.80 Å². The van der Waals surface area contributed by atoms with Crippen LogP contribution in [0.1, 0.15) is 31.6 Å². The number of rotatable bonds is 8. The van der Waals surface area contributed by atoms with Gasteiger partial charge in [-0.1, -0.05) is 6.07 Å². The van der Waals surface area contributed by atoms with Crippen molar-refractivity contribution in [1.82, 2.24) is 0 Å². The Labute approximate surface area is 131 Å². The van der Waals surface area contributed by atoms with E-state index in [4.69, 9.17) is 4.74 Å². The van der Waals surface area contributed by atoms with E-state index in [1.807, 2.05) is 0 Å². The number of nitrogens with zero attached hydrogens (tertiary/aromatic N) is 1. The molecule has 1 aromatic rings. The molecule has 120 valence electrons. The van der Waals surface area contributed by atoms with Gasteiger partial charge in [-0.25, -0.2) is 4.79 Å². The largest absolute Gasteiger partial charge is 0.461 e. The van der Waals surface area contributed by atoms with E-state index in [0.29, 0.717) is 4.88 Å². The number of carbonyl (C=O) groups is 3. The minimum absolute atomic E-state index is 0.0227. The molecular weight excluding hydrogens is 310 g/mol. The highest BCUT2D eigenvalue weighted by Crippen LogP contribution is 2.34. The molecule has 0 amide bonds. The SMILES string of the molecule is CCOC(=O)C(C(c1cccs1)C(C(C)=O)C(C)=O)[N+](=O)[O-]. The molecule has 8 heteroatoms. The van der Waals surface area contributed by atoms with Crippen LogP contribution in [0.5, 0.6) is 0 Å². The second-order valence-corrected chi connectivity index (χ2v) is 5.70. The number of esters is 1. The third-order valence-electron chi connectivity index (χ3n) is 3.20. The lowest BCUT2D eigenvalue weighted by Crippen LogP contribution is -2.43. The summed E-state index contributed by atoms with van der Waals surface area (Å²) >= 11 is 1.16. The summed E-state index contributed by atoms with van der Waals surface area (Å²) in [6.07, 6.45) is 0. The summed E-state index contributed by atoms with van der Waals surface area (Å²) in [6, 6.07) is 1.42. The Kier molecular flexibility index (Phi) is 6.36. The van der Waals surface area contributed by atoms with Gasteiger partial charge in [-0.05, 0) is 32.2 Å². The minimum Gasteiger partial charge on any atom is -0.461 e. The van der Waals surface area contributed by atoms with Crippen LogP contribution in [-0.2, 0) is 19.1 Å². The van der Waals surface area contributed by atoms with E-state index in [9.17, 15) is 24.5 Å². The van der Waals surface area contributed by atoms with Crippen molar-refractivity contribution in [1.29, 1.82) is 0 Å². The number of nitro groups is 1. The van der Waals surface area contributed by atoms with E-state index in [1.165, 1.54) is 20.8 Å². The average molecular weight is 327 g/mol. The topological polar surface area (TPSA) is 104 Å². The number of hydrogen-bond acceptors (Lipinski definition) is 7. The second-order valence-electron chi connectivity index (χ2n) is 4.72. The van der Waals surface area contributed by atoms with Crippen molar-refractivity contribution in [3.8, 4) is 0 Å². The fraction of sp³-hybridized carbons (Fsp3) is 0.500. The summed E-state index contributed by atoms with van der Waals surface area (Å²) < 4.78 is 4.76. The fourth-order valence-corrected chi connectivity index (χ4v) is 3.26. The lowest BCUT2D eigenvalue weighted by Gasteiger charge is -2.24. The van der Waals surface area contributed by atoms with Crippen molar-refractivity contribution in [3.63, 3.8) is 0 Å². The van der Waals surface area contributed by atoms with Crippen LogP contribution in [0.3, 0.4) is 0 Å². The molecule has 0 fully saturated rings. The Morgan fingerprint density at radius 1 is 1.32 bits per heavy atom. The highest BCUT2D eigenvalue weighted by Gasteiger charge is 2.48. The molecule has 1 aromatic heterocycles. The molecule has 0 radical (unpaired) electrons. The molecule has 0 spiro atoms. The van der Waals surface area contributed by atoms with Crippen molar-refractivity contribution in [2.45, 2.75) is 32.7 Å². The van der Waals surface area contributed by atoms with Gasteiger partial charge in [-0.2, -0.15) is 0 Å². The van der Waals surface area contributed by atoms with Gasteiger partial charge in [0.1, 0.15) is 11.6 Å². The number of hydrogen-bond donors (Lipinski definition) is 0. The standard InChI is InChI=1S/C14H17NO6S/c1-4-21-14(18)13(15(19)20)12(10-6-5-7-22-10)11(8(2)16)9(3)17/h5-7,11-13H,4H2,1-3H3. The molecule has 0 aliphatic carbocycles. The maximum Gasteiger partial charge on any atom is 0.382 e. The summed E-state index contributed by atoms with van der Waals surface area (Å²) in [5, 5.41) is 13.1. The predicted molar refractivity (Wildman–Crippen MR) is 79.3 cm³/mol. The van der Waals surface area contributed by atoms with E-state index in [2.05, 4.69) is 0 Å². The Balaban J connectivity index is 3.40. The predicted octanol–water partition coefficient (Wildman–Crippen LogP) is 1.83.